The molecule has 2 bridgehead atoms. The summed E-state index contributed by atoms with van der Waals surface area (Å²) in [6.45, 7) is 0. The molecule has 2 fully saturated rings. The monoisotopic (exact) mass is 350 g/mol. The van der Waals surface area contributed by atoms with Crippen molar-refractivity contribution in [3.05, 3.63) is 42.0 Å². The zero-order valence-corrected chi connectivity index (χ0v) is 13.0. The Kier molecular flexibility index (Phi) is 3.13. The molecule has 0 radical (unpaired) electrons. The molecule has 3 aliphatic heterocycles. The second-order valence-corrected chi connectivity index (χ2v) is 6.46. The molecule has 0 aromatic heterocycles. The second kappa shape index (κ2) is 4.93. The van der Waals surface area contributed by atoms with Crippen molar-refractivity contribution >= 4 is 23.4 Å². The average molecular weight is 350 g/mol. The van der Waals surface area contributed by atoms with Crippen LogP contribution < -0.4 is 4.90 Å². The van der Waals surface area contributed by atoms with E-state index in [0.29, 0.717) is 0 Å². The number of imide groups is 1. The molecular formula is C17H13F3N2O3. The molecule has 3 heterocycles. The Labute approximate surface area is 140 Å². The van der Waals surface area contributed by atoms with Crippen LogP contribution in [0.15, 0.2) is 36.4 Å². The summed E-state index contributed by atoms with van der Waals surface area (Å²) >= 11 is 0. The maximum absolute atomic E-state index is 12.9. The number of rotatable bonds is 1. The van der Waals surface area contributed by atoms with E-state index in [-0.39, 0.29) is 11.6 Å². The van der Waals surface area contributed by atoms with E-state index in [1.165, 1.54) is 11.0 Å². The molecule has 4 atom stereocenters. The SMILES string of the molecule is CN1C(=O)C2C=CC1C1C(=O)N(c3cccc(C(F)(F)F)c3)C(=O)C21. The van der Waals surface area contributed by atoms with E-state index < -0.39 is 47.3 Å². The van der Waals surface area contributed by atoms with Gasteiger partial charge >= 0.3 is 6.18 Å². The second-order valence-electron chi connectivity index (χ2n) is 6.46. The van der Waals surface area contributed by atoms with Gasteiger partial charge in [-0.2, -0.15) is 13.2 Å². The average Bonchev–Trinajstić information content (AvgIpc) is 2.83. The lowest BCUT2D eigenvalue weighted by atomic mass is 9.70. The molecule has 4 unspecified atom stereocenters. The molecule has 1 aliphatic carbocycles. The topological polar surface area (TPSA) is 57.7 Å². The van der Waals surface area contributed by atoms with Gasteiger partial charge in [0, 0.05) is 7.05 Å². The zero-order chi connectivity index (χ0) is 18.1. The van der Waals surface area contributed by atoms with Crippen LogP contribution in [0, 0.1) is 17.8 Å². The van der Waals surface area contributed by atoms with Crippen LogP contribution in [0.2, 0.25) is 0 Å². The summed E-state index contributed by atoms with van der Waals surface area (Å²) in [4.78, 5) is 40.1. The Balaban J connectivity index is 1.76. The van der Waals surface area contributed by atoms with Crippen molar-refractivity contribution in [2.75, 3.05) is 11.9 Å². The number of likely N-dealkylation sites (N-methyl/N-ethyl adjacent to an activating group) is 1. The molecule has 0 saturated carbocycles. The number of piperidine rings is 1. The minimum Gasteiger partial charge on any atom is -0.338 e. The molecule has 2 saturated heterocycles. The number of nitrogens with zero attached hydrogens (tertiary/aromatic N) is 2. The molecule has 1 aromatic rings. The maximum atomic E-state index is 12.9. The van der Waals surface area contributed by atoms with E-state index in [2.05, 4.69) is 0 Å². The Morgan fingerprint density at radius 2 is 1.64 bits per heavy atom. The third-order valence-corrected chi connectivity index (χ3v) is 5.18. The summed E-state index contributed by atoms with van der Waals surface area (Å²) in [7, 11) is 1.56. The molecule has 0 N–H and O–H groups in total. The van der Waals surface area contributed by atoms with Gasteiger partial charge in [-0.15, -0.1) is 0 Å². The number of carbonyl (C=O) groups excluding carboxylic acids is 3. The molecule has 5 nitrogen and oxygen atoms in total. The highest BCUT2D eigenvalue weighted by atomic mass is 19.4. The van der Waals surface area contributed by atoms with Gasteiger partial charge in [-0.25, -0.2) is 4.90 Å². The Morgan fingerprint density at radius 3 is 2.32 bits per heavy atom. The number of fused-ring (bicyclic) bond motifs is 1. The first-order valence-electron chi connectivity index (χ1n) is 7.72. The van der Waals surface area contributed by atoms with Crippen LogP contribution in [0.5, 0.6) is 0 Å². The van der Waals surface area contributed by atoms with Crippen LogP contribution in [-0.2, 0) is 20.6 Å². The molecule has 25 heavy (non-hydrogen) atoms. The molecule has 130 valence electrons. The summed E-state index contributed by atoms with van der Waals surface area (Å²) in [5.41, 5.74) is -1.05. The maximum Gasteiger partial charge on any atom is 0.416 e. The molecule has 3 amide bonds. The lowest BCUT2D eigenvalue weighted by Gasteiger charge is -2.44. The zero-order valence-electron chi connectivity index (χ0n) is 13.0. The number of amides is 3. The van der Waals surface area contributed by atoms with Gasteiger partial charge in [-0.3, -0.25) is 14.4 Å². The number of hydrogen-bond acceptors (Lipinski definition) is 3. The quantitative estimate of drug-likeness (QED) is 0.574. The first-order valence-corrected chi connectivity index (χ1v) is 7.72. The largest absolute Gasteiger partial charge is 0.416 e. The standard InChI is InChI=1S/C17H13F3N2O3/c1-21-11-6-5-10(14(21)23)12-13(11)16(25)22(15(12)24)9-4-2-3-8(7-9)17(18,19)20/h2-7,10-13H,1H3. The summed E-state index contributed by atoms with van der Waals surface area (Å²) in [6.07, 6.45) is -1.24. The summed E-state index contributed by atoms with van der Waals surface area (Å²) in [5.74, 6) is -3.77. The fourth-order valence-electron chi connectivity index (χ4n) is 3.99. The fourth-order valence-corrected chi connectivity index (χ4v) is 3.99. The van der Waals surface area contributed by atoms with E-state index in [4.69, 9.17) is 0 Å². The summed E-state index contributed by atoms with van der Waals surface area (Å²) in [6, 6.07) is 3.57. The van der Waals surface area contributed by atoms with Crippen LogP contribution in [0.1, 0.15) is 5.56 Å². The fraction of sp³-hybridized carbons (Fsp3) is 0.353. The number of anilines is 1. The number of alkyl halides is 3. The molecule has 4 aliphatic rings. The van der Waals surface area contributed by atoms with E-state index in [0.717, 1.165) is 23.1 Å². The third kappa shape index (κ3) is 2.06. The Hall–Kier alpha value is -2.64. The molecule has 0 spiro atoms. The summed E-state index contributed by atoms with van der Waals surface area (Å²) in [5, 5.41) is 0. The van der Waals surface area contributed by atoms with Crippen LogP contribution in [0.3, 0.4) is 0 Å². The third-order valence-electron chi connectivity index (χ3n) is 5.18. The van der Waals surface area contributed by atoms with Gasteiger partial charge in [0.05, 0.1) is 35.0 Å². The first-order chi connectivity index (χ1) is 11.7. The molecular weight excluding hydrogens is 337 g/mol. The minimum absolute atomic E-state index is 0.117. The Morgan fingerprint density at radius 1 is 0.960 bits per heavy atom. The van der Waals surface area contributed by atoms with E-state index in [1.54, 1.807) is 19.2 Å². The van der Waals surface area contributed by atoms with Crippen LogP contribution in [0.4, 0.5) is 18.9 Å². The van der Waals surface area contributed by atoms with Crippen molar-refractivity contribution < 1.29 is 27.6 Å². The van der Waals surface area contributed by atoms with Gasteiger partial charge in [0.2, 0.25) is 17.7 Å². The number of hydrogen-bond donors (Lipinski definition) is 0. The van der Waals surface area contributed by atoms with Gasteiger partial charge in [-0.05, 0) is 18.2 Å². The highest BCUT2D eigenvalue weighted by molar-refractivity contribution is 6.24. The van der Waals surface area contributed by atoms with Crippen LogP contribution >= 0.6 is 0 Å². The smallest absolute Gasteiger partial charge is 0.338 e. The van der Waals surface area contributed by atoms with Crippen molar-refractivity contribution in [1.82, 2.24) is 4.90 Å². The lowest BCUT2D eigenvalue weighted by Crippen LogP contribution is -2.57. The minimum atomic E-state index is -4.58. The van der Waals surface area contributed by atoms with Gasteiger partial charge in [0.15, 0.2) is 0 Å². The number of halogens is 3. The van der Waals surface area contributed by atoms with Gasteiger partial charge < -0.3 is 4.90 Å². The highest BCUT2D eigenvalue weighted by Crippen LogP contribution is 2.46. The predicted octanol–water partition coefficient (Wildman–Crippen LogP) is 1.84. The van der Waals surface area contributed by atoms with E-state index in [9.17, 15) is 27.6 Å². The van der Waals surface area contributed by atoms with Crippen molar-refractivity contribution in [1.29, 1.82) is 0 Å². The summed E-state index contributed by atoms with van der Waals surface area (Å²) < 4.78 is 38.8. The first kappa shape index (κ1) is 15.9. The van der Waals surface area contributed by atoms with E-state index >= 15 is 0 Å². The predicted molar refractivity (Wildman–Crippen MR) is 80.1 cm³/mol. The van der Waals surface area contributed by atoms with Crippen molar-refractivity contribution in [2.45, 2.75) is 12.2 Å². The van der Waals surface area contributed by atoms with Gasteiger partial charge in [0.1, 0.15) is 0 Å². The van der Waals surface area contributed by atoms with Crippen LogP contribution in [-0.4, -0.2) is 35.7 Å². The normalized spacial score (nSPS) is 31.1. The number of carbonyl (C=O) groups is 3. The van der Waals surface area contributed by atoms with Crippen LogP contribution in [0.25, 0.3) is 0 Å². The number of benzene rings is 1. The van der Waals surface area contributed by atoms with E-state index in [1.807, 2.05) is 0 Å². The van der Waals surface area contributed by atoms with Crippen molar-refractivity contribution in [3.63, 3.8) is 0 Å². The highest BCUT2D eigenvalue weighted by Gasteiger charge is 2.61. The van der Waals surface area contributed by atoms with Gasteiger partial charge in [0.25, 0.3) is 0 Å². The Bertz CT molecular complexity index is 833. The molecule has 5 rings (SSSR count). The lowest BCUT2D eigenvalue weighted by molar-refractivity contribution is -0.148. The van der Waals surface area contributed by atoms with Gasteiger partial charge in [-0.1, -0.05) is 18.2 Å². The van der Waals surface area contributed by atoms with Crippen molar-refractivity contribution in [2.24, 2.45) is 17.8 Å². The molecule has 1 aromatic carbocycles. The van der Waals surface area contributed by atoms with Crippen molar-refractivity contribution in [3.8, 4) is 0 Å². The molecule has 8 heteroatoms.